The van der Waals surface area contributed by atoms with Crippen LogP contribution in [0, 0.1) is 0 Å². The minimum atomic E-state index is -1.12. The molecular formula is C16H17N5O3. The number of aromatic nitrogens is 3. The van der Waals surface area contributed by atoms with Gasteiger partial charge in [-0.25, -0.2) is 19.7 Å². The van der Waals surface area contributed by atoms with Gasteiger partial charge >= 0.3 is 5.97 Å². The van der Waals surface area contributed by atoms with Gasteiger partial charge in [0.1, 0.15) is 5.69 Å². The number of nitrogens with one attached hydrogen (secondary N) is 1. The van der Waals surface area contributed by atoms with Crippen molar-refractivity contribution in [2.24, 2.45) is 0 Å². The Morgan fingerprint density at radius 3 is 2.67 bits per heavy atom. The lowest BCUT2D eigenvalue weighted by molar-refractivity contribution is 0.0689. The Morgan fingerprint density at radius 2 is 2.00 bits per heavy atom. The number of hydrogen-bond acceptors (Lipinski definition) is 6. The minimum absolute atomic E-state index is 0.0193. The second-order valence-electron chi connectivity index (χ2n) is 5.54. The van der Waals surface area contributed by atoms with Crippen LogP contribution in [-0.4, -0.2) is 51.1 Å². The molecule has 1 saturated heterocycles. The van der Waals surface area contributed by atoms with Crippen LogP contribution in [0.2, 0.25) is 0 Å². The molecule has 24 heavy (non-hydrogen) atoms. The van der Waals surface area contributed by atoms with E-state index >= 15 is 0 Å². The van der Waals surface area contributed by atoms with Crippen LogP contribution >= 0.6 is 0 Å². The summed E-state index contributed by atoms with van der Waals surface area (Å²) in [6.45, 7) is 1.49. The van der Waals surface area contributed by atoms with E-state index < -0.39 is 5.97 Å². The molecule has 1 amide bonds. The molecule has 1 aliphatic heterocycles. The van der Waals surface area contributed by atoms with Crippen LogP contribution in [0.3, 0.4) is 0 Å². The highest BCUT2D eigenvalue weighted by Crippen LogP contribution is 2.15. The Kier molecular flexibility index (Phi) is 4.64. The largest absolute Gasteiger partial charge is 0.477 e. The van der Waals surface area contributed by atoms with E-state index in [0.29, 0.717) is 18.1 Å². The van der Waals surface area contributed by atoms with E-state index in [1.807, 2.05) is 4.90 Å². The highest BCUT2D eigenvalue weighted by molar-refractivity contribution is 5.95. The number of anilines is 1. The first-order valence-corrected chi connectivity index (χ1v) is 7.65. The van der Waals surface area contributed by atoms with Crippen LogP contribution in [0.4, 0.5) is 5.95 Å². The standard InChI is InChI=1S/C16H17N5O3/c22-14(11-4-5-13(15(23)24)19-9-11)20-12-3-1-8-21(10-12)16-17-6-2-7-18-16/h2,4-7,9,12H,1,3,8,10H2,(H,20,22)(H,23,24)/t12-/m1/s1. The Bertz CT molecular complexity index is 720. The summed E-state index contributed by atoms with van der Waals surface area (Å²) in [5, 5.41) is 11.8. The summed E-state index contributed by atoms with van der Waals surface area (Å²) in [5.41, 5.74) is 0.254. The van der Waals surface area contributed by atoms with Crippen LogP contribution in [-0.2, 0) is 0 Å². The molecule has 3 rings (SSSR count). The second kappa shape index (κ2) is 7.03. The van der Waals surface area contributed by atoms with Crippen molar-refractivity contribution < 1.29 is 14.7 Å². The Hall–Kier alpha value is -3.03. The molecule has 2 aromatic heterocycles. The average molecular weight is 327 g/mol. The molecule has 2 N–H and O–H groups in total. The monoisotopic (exact) mass is 327 g/mol. The van der Waals surface area contributed by atoms with Gasteiger partial charge in [0.25, 0.3) is 5.91 Å². The number of piperidine rings is 1. The summed E-state index contributed by atoms with van der Waals surface area (Å²) < 4.78 is 0. The van der Waals surface area contributed by atoms with Gasteiger partial charge in [0.2, 0.25) is 5.95 Å². The zero-order valence-corrected chi connectivity index (χ0v) is 12.9. The maximum Gasteiger partial charge on any atom is 0.354 e. The van der Waals surface area contributed by atoms with Crippen molar-refractivity contribution in [1.29, 1.82) is 0 Å². The van der Waals surface area contributed by atoms with Crippen LogP contribution in [0.5, 0.6) is 0 Å². The summed E-state index contributed by atoms with van der Waals surface area (Å²) in [5.74, 6) is -0.725. The number of carbonyl (C=O) groups is 2. The van der Waals surface area contributed by atoms with E-state index in [2.05, 4.69) is 20.3 Å². The number of aromatic carboxylic acids is 1. The van der Waals surface area contributed by atoms with Crippen molar-refractivity contribution in [2.45, 2.75) is 18.9 Å². The zero-order valence-electron chi connectivity index (χ0n) is 12.9. The Balaban J connectivity index is 1.62. The van der Waals surface area contributed by atoms with E-state index in [1.54, 1.807) is 18.5 Å². The maximum atomic E-state index is 12.3. The van der Waals surface area contributed by atoms with Gasteiger partial charge in [-0.3, -0.25) is 4.79 Å². The third kappa shape index (κ3) is 3.65. The number of carboxylic acids is 1. The SMILES string of the molecule is O=C(N[C@@H]1CCCN(c2ncccn2)C1)c1ccc(C(=O)O)nc1. The first-order chi connectivity index (χ1) is 11.6. The predicted octanol–water partition coefficient (Wildman–Crippen LogP) is 0.969. The molecule has 1 atom stereocenters. The quantitative estimate of drug-likeness (QED) is 0.861. The lowest BCUT2D eigenvalue weighted by atomic mass is 10.1. The third-order valence-corrected chi connectivity index (χ3v) is 3.84. The number of rotatable bonds is 4. The van der Waals surface area contributed by atoms with Crippen molar-refractivity contribution in [1.82, 2.24) is 20.3 Å². The van der Waals surface area contributed by atoms with Gasteiger partial charge in [-0.05, 0) is 31.0 Å². The third-order valence-electron chi connectivity index (χ3n) is 3.84. The lowest BCUT2D eigenvalue weighted by Gasteiger charge is -2.33. The average Bonchev–Trinajstić information content (AvgIpc) is 2.63. The second-order valence-corrected chi connectivity index (χ2v) is 5.54. The summed E-state index contributed by atoms with van der Waals surface area (Å²) in [7, 11) is 0. The molecule has 0 spiro atoms. The fourth-order valence-electron chi connectivity index (χ4n) is 2.65. The summed E-state index contributed by atoms with van der Waals surface area (Å²) in [4.78, 5) is 37.4. The summed E-state index contributed by atoms with van der Waals surface area (Å²) in [6, 6.07) is 4.53. The maximum absolute atomic E-state index is 12.3. The van der Waals surface area contributed by atoms with Gasteiger partial charge in [-0.1, -0.05) is 0 Å². The molecule has 3 heterocycles. The summed E-state index contributed by atoms with van der Waals surface area (Å²) >= 11 is 0. The van der Waals surface area contributed by atoms with Crippen molar-refractivity contribution >= 4 is 17.8 Å². The van der Waals surface area contributed by atoms with E-state index in [9.17, 15) is 9.59 Å². The van der Waals surface area contributed by atoms with Gasteiger partial charge in [0.15, 0.2) is 0 Å². The topological polar surface area (TPSA) is 108 Å². The first kappa shape index (κ1) is 15.9. The van der Waals surface area contributed by atoms with E-state index in [4.69, 9.17) is 5.11 Å². The lowest BCUT2D eigenvalue weighted by Crippen LogP contribution is -2.48. The number of amides is 1. The fourth-order valence-corrected chi connectivity index (χ4v) is 2.65. The van der Waals surface area contributed by atoms with Crippen molar-refractivity contribution in [3.63, 3.8) is 0 Å². The predicted molar refractivity (Wildman–Crippen MR) is 85.9 cm³/mol. The van der Waals surface area contributed by atoms with Crippen LogP contribution in [0.15, 0.2) is 36.8 Å². The molecule has 2 aromatic rings. The molecule has 124 valence electrons. The van der Waals surface area contributed by atoms with Crippen LogP contribution in [0.1, 0.15) is 33.7 Å². The van der Waals surface area contributed by atoms with Crippen LogP contribution < -0.4 is 10.2 Å². The zero-order chi connectivity index (χ0) is 16.9. The molecule has 0 radical (unpaired) electrons. The van der Waals surface area contributed by atoms with Crippen molar-refractivity contribution in [3.05, 3.63) is 48.0 Å². The molecule has 1 aliphatic rings. The highest BCUT2D eigenvalue weighted by atomic mass is 16.4. The molecule has 8 heteroatoms. The van der Waals surface area contributed by atoms with Crippen molar-refractivity contribution in [3.8, 4) is 0 Å². The molecule has 0 saturated carbocycles. The molecule has 1 fully saturated rings. The summed E-state index contributed by atoms with van der Waals surface area (Å²) in [6.07, 6.45) is 6.47. The fraction of sp³-hybridized carbons (Fsp3) is 0.312. The molecule has 8 nitrogen and oxygen atoms in total. The molecular weight excluding hydrogens is 310 g/mol. The molecule has 0 aromatic carbocycles. The van der Waals surface area contributed by atoms with Gasteiger partial charge < -0.3 is 15.3 Å². The highest BCUT2D eigenvalue weighted by Gasteiger charge is 2.23. The number of hydrogen-bond donors (Lipinski definition) is 2. The minimum Gasteiger partial charge on any atom is -0.477 e. The molecule has 0 bridgehead atoms. The smallest absolute Gasteiger partial charge is 0.354 e. The van der Waals surface area contributed by atoms with E-state index in [-0.39, 0.29) is 17.6 Å². The van der Waals surface area contributed by atoms with E-state index in [1.165, 1.54) is 18.3 Å². The number of carbonyl (C=O) groups excluding carboxylic acids is 1. The normalized spacial score (nSPS) is 17.3. The number of pyridine rings is 1. The Morgan fingerprint density at radius 1 is 1.21 bits per heavy atom. The molecule has 0 unspecified atom stereocenters. The van der Waals surface area contributed by atoms with E-state index in [0.717, 1.165) is 19.4 Å². The van der Waals surface area contributed by atoms with Crippen molar-refractivity contribution in [2.75, 3.05) is 18.0 Å². The Labute approximate surface area is 138 Å². The number of carboxylic acid groups (broad SMARTS) is 1. The van der Waals surface area contributed by atoms with Crippen LogP contribution in [0.25, 0.3) is 0 Å². The number of nitrogens with zero attached hydrogens (tertiary/aromatic N) is 4. The molecule has 0 aliphatic carbocycles. The van der Waals surface area contributed by atoms with Gasteiger partial charge in [0, 0.05) is 37.7 Å². The van der Waals surface area contributed by atoms with Gasteiger partial charge in [-0.15, -0.1) is 0 Å². The van der Waals surface area contributed by atoms with Gasteiger partial charge in [-0.2, -0.15) is 0 Å². The first-order valence-electron chi connectivity index (χ1n) is 7.65. The van der Waals surface area contributed by atoms with Gasteiger partial charge in [0.05, 0.1) is 5.56 Å².